The Morgan fingerprint density at radius 3 is 2.69 bits per heavy atom. The number of halogens is 2. The number of aliphatic hydroxyl groups is 1. The van der Waals surface area contributed by atoms with Gasteiger partial charge in [-0.25, -0.2) is 8.78 Å². The number of carbonyl (C=O) groups is 2. The summed E-state index contributed by atoms with van der Waals surface area (Å²) < 4.78 is 28.1. The molecule has 1 aromatic heterocycles. The lowest BCUT2D eigenvalue weighted by Gasteiger charge is -2.20. The molecule has 6 nitrogen and oxygen atoms in total. The molecular formula is C18H19F2N3O3. The molecule has 0 spiro atoms. The summed E-state index contributed by atoms with van der Waals surface area (Å²) >= 11 is 0. The Balaban J connectivity index is 1.69. The van der Waals surface area contributed by atoms with E-state index in [0.29, 0.717) is 18.5 Å². The van der Waals surface area contributed by atoms with Crippen LogP contribution in [0.4, 0.5) is 8.78 Å². The quantitative estimate of drug-likeness (QED) is 0.792. The summed E-state index contributed by atoms with van der Waals surface area (Å²) in [5.74, 6) is -3.58. The number of ketones is 1. The van der Waals surface area contributed by atoms with E-state index >= 15 is 0 Å². The number of carbonyl (C=O) groups excluding carboxylic acids is 2. The molecule has 1 aromatic carbocycles. The van der Waals surface area contributed by atoms with E-state index in [1.807, 2.05) is 6.92 Å². The maximum absolute atomic E-state index is 13.2. The normalized spacial score (nSPS) is 22.6. The molecule has 2 N–H and O–H groups in total. The summed E-state index contributed by atoms with van der Waals surface area (Å²) in [5, 5.41) is 17.1. The fourth-order valence-electron chi connectivity index (χ4n) is 3.21. The van der Waals surface area contributed by atoms with Crippen molar-refractivity contribution < 1.29 is 23.5 Å². The highest BCUT2D eigenvalue weighted by atomic mass is 19.1. The van der Waals surface area contributed by atoms with Crippen LogP contribution < -0.4 is 5.32 Å². The van der Waals surface area contributed by atoms with Gasteiger partial charge in [0.25, 0.3) is 5.91 Å². The first kappa shape index (κ1) is 18.2. The zero-order valence-corrected chi connectivity index (χ0v) is 14.2. The molecule has 138 valence electrons. The molecule has 1 heterocycles. The second kappa shape index (κ2) is 6.95. The molecule has 1 unspecified atom stereocenters. The van der Waals surface area contributed by atoms with Gasteiger partial charge in [0.2, 0.25) is 5.60 Å². The predicted molar refractivity (Wildman–Crippen MR) is 88.0 cm³/mol. The Hall–Kier alpha value is -2.61. The van der Waals surface area contributed by atoms with E-state index in [0.717, 1.165) is 18.2 Å². The average Bonchev–Trinajstić information content (AvgIpc) is 3.18. The number of hydrogen-bond acceptors (Lipinski definition) is 4. The number of rotatable bonds is 5. The fourth-order valence-corrected chi connectivity index (χ4v) is 3.21. The van der Waals surface area contributed by atoms with Gasteiger partial charge in [0.05, 0.1) is 6.20 Å². The molecule has 2 atom stereocenters. The van der Waals surface area contributed by atoms with Crippen LogP contribution in [0.15, 0.2) is 30.6 Å². The molecule has 0 saturated heterocycles. The minimum Gasteiger partial charge on any atom is -0.373 e. The van der Waals surface area contributed by atoms with Crippen molar-refractivity contribution in [3.05, 3.63) is 53.4 Å². The van der Waals surface area contributed by atoms with Crippen LogP contribution >= 0.6 is 0 Å². The van der Waals surface area contributed by atoms with Crippen molar-refractivity contribution in [1.82, 2.24) is 15.1 Å². The van der Waals surface area contributed by atoms with Gasteiger partial charge in [-0.3, -0.25) is 14.3 Å². The number of nitrogens with one attached hydrogen (secondary N) is 1. The Morgan fingerprint density at radius 1 is 1.38 bits per heavy atom. The summed E-state index contributed by atoms with van der Waals surface area (Å²) in [5.41, 5.74) is -1.29. The van der Waals surface area contributed by atoms with E-state index in [9.17, 15) is 23.5 Å². The first-order chi connectivity index (χ1) is 12.3. The molecule has 1 aliphatic carbocycles. The van der Waals surface area contributed by atoms with Gasteiger partial charge in [-0.15, -0.1) is 0 Å². The van der Waals surface area contributed by atoms with E-state index in [4.69, 9.17) is 0 Å². The Bertz CT molecular complexity index is 832. The number of nitrogens with zero attached hydrogens (tertiary/aromatic N) is 2. The van der Waals surface area contributed by atoms with E-state index in [-0.39, 0.29) is 18.5 Å². The molecule has 2 aromatic rings. The lowest BCUT2D eigenvalue weighted by Crippen LogP contribution is -2.50. The van der Waals surface area contributed by atoms with Crippen LogP contribution in [0.25, 0.3) is 0 Å². The summed E-state index contributed by atoms with van der Waals surface area (Å²) in [6.07, 6.45) is 3.59. The third-order valence-corrected chi connectivity index (χ3v) is 4.65. The largest absolute Gasteiger partial charge is 0.373 e. The first-order valence-electron chi connectivity index (χ1n) is 8.36. The highest BCUT2D eigenvalue weighted by Crippen LogP contribution is 2.38. The van der Waals surface area contributed by atoms with Gasteiger partial charge in [0, 0.05) is 36.8 Å². The standard InChI is InChI=1S/C18H19F2N3O3/c1-2-23-10-12(9-22-23)15-3-4-18(26,16(15)24)17(25)21-8-11-5-13(19)7-14(20)6-11/h5-7,9-10,15,26H,2-4,8H2,1H3,(H,21,25)/t15?,18-/m1/s1. The number of amides is 1. The van der Waals surface area contributed by atoms with E-state index in [2.05, 4.69) is 10.4 Å². The summed E-state index contributed by atoms with van der Waals surface area (Å²) in [6.45, 7) is 2.36. The van der Waals surface area contributed by atoms with Crippen molar-refractivity contribution in [2.45, 2.75) is 44.4 Å². The number of benzene rings is 1. The Morgan fingerprint density at radius 2 is 2.08 bits per heavy atom. The van der Waals surface area contributed by atoms with Crippen molar-refractivity contribution in [3.8, 4) is 0 Å². The van der Waals surface area contributed by atoms with Gasteiger partial charge in [-0.1, -0.05) is 0 Å². The molecule has 1 saturated carbocycles. The molecule has 0 radical (unpaired) electrons. The molecule has 0 bridgehead atoms. The van der Waals surface area contributed by atoms with E-state index in [1.165, 1.54) is 0 Å². The third kappa shape index (κ3) is 3.37. The molecule has 1 fully saturated rings. The lowest BCUT2D eigenvalue weighted by molar-refractivity contribution is -0.150. The topological polar surface area (TPSA) is 84.2 Å². The molecule has 3 rings (SSSR count). The minimum atomic E-state index is -2.15. The molecule has 0 aliphatic heterocycles. The number of aryl methyl sites for hydroxylation is 1. The van der Waals surface area contributed by atoms with Crippen molar-refractivity contribution in [1.29, 1.82) is 0 Å². The number of aromatic nitrogens is 2. The Kier molecular flexibility index (Phi) is 4.86. The fraction of sp³-hybridized carbons (Fsp3) is 0.389. The lowest BCUT2D eigenvalue weighted by atomic mass is 9.94. The second-order valence-corrected chi connectivity index (χ2v) is 6.41. The zero-order chi connectivity index (χ0) is 18.9. The number of hydrogen-bond donors (Lipinski definition) is 2. The summed E-state index contributed by atoms with van der Waals surface area (Å²) in [7, 11) is 0. The molecular weight excluding hydrogens is 344 g/mol. The smallest absolute Gasteiger partial charge is 0.260 e. The van der Waals surface area contributed by atoms with Crippen LogP contribution in [0.2, 0.25) is 0 Å². The van der Waals surface area contributed by atoms with Crippen molar-refractivity contribution in [3.63, 3.8) is 0 Å². The van der Waals surface area contributed by atoms with Crippen molar-refractivity contribution in [2.75, 3.05) is 0 Å². The van der Waals surface area contributed by atoms with E-state index in [1.54, 1.807) is 17.1 Å². The first-order valence-corrected chi connectivity index (χ1v) is 8.36. The molecule has 1 amide bonds. The van der Waals surface area contributed by atoms with Gasteiger partial charge in [0.15, 0.2) is 5.78 Å². The molecule has 1 aliphatic rings. The van der Waals surface area contributed by atoms with Crippen molar-refractivity contribution in [2.24, 2.45) is 0 Å². The average molecular weight is 363 g/mol. The summed E-state index contributed by atoms with van der Waals surface area (Å²) in [4.78, 5) is 25.0. The predicted octanol–water partition coefficient (Wildman–Crippen LogP) is 1.68. The maximum atomic E-state index is 13.2. The van der Waals surface area contributed by atoms with Gasteiger partial charge in [0.1, 0.15) is 11.6 Å². The van der Waals surface area contributed by atoms with Crippen molar-refractivity contribution >= 4 is 11.7 Å². The molecule has 8 heteroatoms. The molecule has 26 heavy (non-hydrogen) atoms. The SMILES string of the molecule is CCn1cc(C2CC[C@](O)(C(=O)NCc3cc(F)cc(F)c3)C2=O)cn1. The number of Topliss-reactive ketones (excluding diaryl/α,β-unsaturated/α-hetero) is 1. The monoisotopic (exact) mass is 363 g/mol. The van der Waals surface area contributed by atoms with Crippen LogP contribution in [0.5, 0.6) is 0 Å². The van der Waals surface area contributed by atoms with Gasteiger partial charge >= 0.3 is 0 Å². The highest BCUT2D eigenvalue weighted by molar-refractivity contribution is 6.13. The van der Waals surface area contributed by atoms with Crippen LogP contribution in [0, 0.1) is 11.6 Å². The maximum Gasteiger partial charge on any atom is 0.260 e. The van der Waals surface area contributed by atoms with Crippen LogP contribution in [0.3, 0.4) is 0 Å². The third-order valence-electron chi connectivity index (χ3n) is 4.65. The van der Waals surface area contributed by atoms with Gasteiger partial charge < -0.3 is 10.4 Å². The Labute approximate surface area is 148 Å². The highest BCUT2D eigenvalue weighted by Gasteiger charge is 2.52. The van der Waals surface area contributed by atoms with Crippen LogP contribution in [0.1, 0.15) is 36.8 Å². The van der Waals surface area contributed by atoms with Gasteiger partial charge in [-0.05, 0) is 37.5 Å². The summed E-state index contributed by atoms with van der Waals surface area (Å²) in [6, 6.07) is 2.87. The van der Waals surface area contributed by atoms with Crippen LogP contribution in [-0.4, -0.2) is 32.2 Å². The van der Waals surface area contributed by atoms with E-state index < -0.39 is 34.8 Å². The second-order valence-electron chi connectivity index (χ2n) is 6.41. The minimum absolute atomic E-state index is 0.0167. The van der Waals surface area contributed by atoms with Crippen LogP contribution in [-0.2, 0) is 22.7 Å². The van der Waals surface area contributed by atoms with Gasteiger partial charge in [-0.2, -0.15) is 5.10 Å². The zero-order valence-electron chi connectivity index (χ0n) is 14.2.